The van der Waals surface area contributed by atoms with Crippen molar-refractivity contribution in [3.05, 3.63) is 89.7 Å². The quantitative estimate of drug-likeness (QED) is 0.500. The van der Waals surface area contributed by atoms with Crippen LogP contribution >= 0.6 is 0 Å². The third-order valence-electron chi connectivity index (χ3n) is 4.17. The van der Waals surface area contributed by atoms with E-state index in [1.165, 1.54) is 48.5 Å². The minimum absolute atomic E-state index is 0.162. The van der Waals surface area contributed by atoms with Gasteiger partial charge in [-0.3, -0.25) is 4.79 Å². The molecule has 0 aliphatic heterocycles. The number of amides is 1. The molecule has 3 rings (SSSR count). The fraction of sp³-hybridized carbons (Fsp3) is 0.0909. The van der Waals surface area contributed by atoms with Crippen LogP contribution in [0.3, 0.4) is 0 Å². The Hall–Kier alpha value is -3.76. The Morgan fingerprint density at radius 3 is 2.41 bits per heavy atom. The summed E-state index contributed by atoms with van der Waals surface area (Å²) in [6, 6.07) is 17.4. The zero-order valence-corrected chi connectivity index (χ0v) is 17.5. The lowest BCUT2D eigenvalue weighted by Crippen LogP contribution is -2.21. The van der Waals surface area contributed by atoms with Crippen molar-refractivity contribution in [1.82, 2.24) is 0 Å². The molecule has 166 valence electrons. The standard InChI is InChI=1S/C22H19FN2O6S/c23-17-9-7-15(8-10-17)13-30-19-5-1-3-16(11-19)22(27)31-14-21(26)25-18-4-2-6-20(12-18)32(24,28)29/h1-12H,13-14H2,(H,25,26)(H2,24,28,29). The Morgan fingerprint density at radius 1 is 0.969 bits per heavy atom. The summed E-state index contributed by atoms with van der Waals surface area (Å²) in [5, 5.41) is 7.48. The van der Waals surface area contributed by atoms with Gasteiger partial charge in [0.1, 0.15) is 18.2 Å². The van der Waals surface area contributed by atoms with Crippen molar-refractivity contribution in [1.29, 1.82) is 0 Å². The Labute approximate surface area is 183 Å². The SMILES string of the molecule is NS(=O)(=O)c1cccc(NC(=O)COC(=O)c2cccc(OCc3ccc(F)cc3)c2)c1. The molecule has 0 aromatic heterocycles. The van der Waals surface area contributed by atoms with Crippen LogP contribution in [0.4, 0.5) is 10.1 Å². The molecule has 0 fully saturated rings. The molecule has 3 aromatic carbocycles. The van der Waals surface area contributed by atoms with Crippen molar-refractivity contribution in [3.8, 4) is 5.75 Å². The number of nitrogens with two attached hydrogens (primary N) is 1. The zero-order chi connectivity index (χ0) is 23.1. The summed E-state index contributed by atoms with van der Waals surface area (Å²) in [4.78, 5) is 24.1. The molecule has 0 saturated heterocycles. The van der Waals surface area contributed by atoms with Crippen LogP contribution in [-0.4, -0.2) is 26.9 Å². The van der Waals surface area contributed by atoms with E-state index in [9.17, 15) is 22.4 Å². The van der Waals surface area contributed by atoms with Crippen LogP contribution in [0.1, 0.15) is 15.9 Å². The summed E-state index contributed by atoms with van der Waals surface area (Å²) < 4.78 is 46.3. The predicted molar refractivity (Wildman–Crippen MR) is 114 cm³/mol. The van der Waals surface area contributed by atoms with Crippen LogP contribution in [0.2, 0.25) is 0 Å². The van der Waals surface area contributed by atoms with E-state index in [0.717, 1.165) is 5.56 Å². The van der Waals surface area contributed by atoms with Crippen molar-refractivity contribution in [3.63, 3.8) is 0 Å². The number of esters is 1. The van der Waals surface area contributed by atoms with E-state index < -0.39 is 28.5 Å². The van der Waals surface area contributed by atoms with E-state index in [1.807, 2.05) is 0 Å². The highest BCUT2D eigenvalue weighted by molar-refractivity contribution is 7.89. The van der Waals surface area contributed by atoms with Gasteiger partial charge >= 0.3 is 5.97 Å². The molecule has 0 bridgehead atoms. The topological polar surface area (TPSA) is 125 Å². The van der Waals surface area contributed by atoms with Gasteiger partial charge in [-0.05, 0) is 54.1 Å². The number of sulfonamides is 1. The molecule has 0 aliphatic carbocycles. The van der Waals surface area contributed by atoms with Crippen molar-refractivity contribution < 1.29 is 31.9 Å². The molecule has 3 N–H and O–H groups in total. The number of carbonyl (C=O) groups is 2. The minimum Gasteiger partial charge on any atom is -0.489 e. The highest BCUT2D eigenvalue weighted by Crippen LogP contribution is 2.17. The van der Waals surface area contributed by atoms with Crippen molar-refractivity contribution >= 4 is 27.6 Å². The molecular formula is C22H19FN2O6S. The van der Waals surface area contributed by atoms with Gasteiger partial charge in [0.2, 0.25) is 10.0 Å². The molecule has 0 heterocycles. The number of nitrogens with one attached hydrogen (secondary N) is 1. The highest BCUT2D eigenvalue weighted by atomic mass is 32.2. The van der Waals surface area contributed by atoms with Gasteiger partial charge < -0.3 is 14.8 Å². The predicted octanol–water partition coefficient (Wildman–Crippen LogP) is 2.85. The largest absolute Gasteiger partial charge is 0.489 e. The van der Waals surface area contributed by atoms with Gasteiger partial charge in [-0.15, -0.1) is 0 Å². The highest BCUT2D eigenvalue weighted by Gasteiger charge is 2.13. The Balaban J connectivity index is 1.54. The summed E-state index contributed by atoms with van der Waals surface area (Å²) >= 11 is 0. The average Bonchev–Trinajstić information content (AvgIpc) is 2.77. The molecule has 0 saturated carbocycles. The van der Waals surface area contributed by atoms with Gasteiger partial charge in [0.15, 0.2) is 6.61 Å². The average molecular weight is 458 g/mol. The molecule has 1 amide bonds. The van der Waals surface area contributed by atoms with Crippen LogP contribution in [0.25, 0.3) is 0 Å². The zero-order valence-electron chi connectivity index (χ0n) is 16.7. The third kappa shape index (κ3) is 6.62. The van der Waals surface area contributed by atoms with E-state index in [4.69, 9.17) is 14.6 Å². The fourth-order valence-corrected chi connectivity index (χ4v) is 3.18. The van der Waals surface area contributed by atoms with Gasteiger partial charge in [-0.1, -0.05) is 24.3 Å². The number of anilines is 1. The molecular weight excluding hydrogens is 439 g/mol. The summed E-state index contributed by atoms with van der Waals surface area (Å²) in [5.41, 5.74) is 1.11. The molecule has 0 atom stereocenters. The molecule has 0 aliphatic rings. The van der Waals surface area contributed by atoms with E-state index in [-0.39, 0.29) is 28.6 Å². The maximum Gasteiger partial charge on any atom is 0.338 e. The number of rotatable bonds is 8. The van der Waals surface area contributed by atoms with Gasteiger partial charge in [0.05, 0.1) is 10.5 Å². The number of primary sulfonamides is 1. The van der Waals surface area contributed by atoms with Gasteiger partial charge in [0.25, 0.3) is 5.91 Å². The molecule has 0 unspecified atom stereocenters. The molecule has 3 aromatic rings. The van der Waals surface area contributed by atoms with E-state index >= 15 is 0 Å². The monoisotopic (exact) mass is 458 g/mol. The number of hydrogen-bond acceptors (Lipinski definition) is 6. The van der Waals surface area contributed by atoms with Crippen LogP contribution in [0, 0.1) is 5.82 Å². The molecule has 10 heteroatoms. The smallest absolute Gasteiger partial charge is 0.338 e. The first-order valence-electron chi connectivity index (χ1n) is 9.28. The van der Waals surface area contributed by atoms with Crippen LogP contribution in [0.5, 0.6) is 5.75 Å². The fourth-order valence-electron chi connectivity index (χ4n) is 2.62. The Bertz CT molecular complexity index is 1230. The van der Waals surface area contributed by atoms with Crippen LogP contribution in [0.15, 0.2) is 77.7 Å². The lowest BCUT2D eigenvalue weighted by atomic mass is 10.2. The summed E-state index contributed by atoms with van der Waals surface area (Å²) in [5.74, 6) is -1.35. The second kappa shape index (κ2) is 10.0. The first kappa shape index (κ1) is 22.9. The number of ether oxygens (including phenoxy) is 2. The Morgan fingerprint density at radius 2 is 1.69 bits per heavy atom. The maximum absolute atomic E-state index is 13.0. The summed E-state index contributed by atoms with van der Waals surface area (Å²) in [6.45, 7) is -0.405. The Kier molecular flexibility index (Phi) is 7.18. The van der Waals surface area contributed by atoms with Crippen molar-refractivity contribution in [2.24, 2.45) is 5.14 Å². The van der Waals surface area contributed by atoms with Crippen molar-refractivity contribution in [2.45, 2.75) is 11.5 Å². The second-order valence-corrected chi connectivity index (χ2v) is 8.20. The molecule has 32 heavy (non-hydrogen) atoms. The van der Waals surface area contributed by atoms with E-state index in [0.29, 0.717) is 5.75 Å². The third-order valence-corrected chi connectivity index (χ3v) is 5.08. The second-order valence-electron chi connectivity index (χ2n) is 6.64. The van der Waals surface area contributed by atoms with E-state index in [1.54, 1.807) is 24.3 Å². The van der Waals surface area contributed by atoms with Gasteiger partial charge in [-0.25, -0.2) is 22.7 Å². The lowest BCUT2D eigenvalue weighted by Gasteiger charge is -2.09. The summed E-state index contributed by atoms with van der Waals surface area (Å²) in [7, 11) is -3.92. The first-order chi connectivity index (χ1) is 15.2. The summed E-state index contributed by atoms with van der Waals surface area (Å²) in [6.07, 6.45) is 0. The number of carbonyl (C=O) groups excluding carboxylic acids is 2. The van der Waals surface area contributed by atoms with Gasteiger partial charge in [0, 0.05) is 5.69 Å². The van der Waals surface area contributed by atoms with Crippen molar-refractivity contribution in [2.75, 3.05) is 11.9 Å². The first-order valence-corrected chi connectivity index (χ1v) is 10.8. The van der Waals surface area contributed by atoms with Crippen LogP contribution in [-0.2, 0) is 26.2 Å². The minimum atomic E-state index is -3.92. The normalized spacial score (nSPS) is 10.9. The lowest BCUT2D eigenvalue weighted by molar-refractivity contribution is -0.119. The molecule has 8 nitrogen and oxygen atoms in total. The molecule has 0 spiro atoms. The van der Waals surface area contributed by atoms with Crippen LogP contribution < -0.4 is 15.2 Å². The number of benzene rings is 3. The maximum atomic E-state index is 13.0. The van der Waals surface area contributed by atoms with E-state index in [2.05, 4.69) is 5.32 Å². The molecule has 0 radical (unpaired) electrons. The number of halogens is 1. The number of hydrogen-bond donors (Lipinski definition) is 2. The van der Waals surface area contributed by atoms with Gasteiger partial charge in [-0.2, -0.15) is 0 Å².